The number of aromatic nitrogens is 3. The van der Waals surface area contributed by atoms with Crippen molar-refractivity contribution >= 4 is 17.5 Å². The number of hydrogen-bond donors (Lipinski definition) is 1. The summed E-state index contributed by atoms with van der Waals surface area (Å²) in [6.07, 6.45) is 4.21. The standard InChI is InChI=1S/C26H32N6O4/c1-30-11-7-17(8-12-30)25(33)28-19-9-13-31(16-19)26(34)20-15-24-27-10-6-21(32(24)29-20)18-4-5-22(35-2)23(14-18)36-3/h4-6,10,14-15,17,19H,7-9,11-13,16H2,1-3H3,(H,28,33)/t19-/m1/s1. The summed E-state index contributed by atoms with van der Waals surface area (Å²) in [7, 11) is 5.27. The molecule has 10 heteroatoms. The Morgan fingerprint density at radius 1 is 1.00 bits per heavy atom. The second-order valence-electron chi connectivity index (χ2n) is 9.52. The van der Waals surface area contributed by atoms with Gasteiger partial charge < -0.3 is 24.6 Å². The number of fused-ring (bicyclic) bond motifs is 1. The van der Waals surface area contributed by atoms with Crippen LogP contribution in [-0.2, 0) is 4.79 Å². The van der Waals surface area contributed by atoms with E-state index in [1.807, 2.05) is 24.3 Å². The predicted molar refractivity (Wildman–Crippen MR) is 134 cm³/mol. The molecular weight excluding hydrogens is 460 g/mol. The zero-order chi connectivity index (χ0) is 25.2. The maximum Gasteiger partial charge on any atom is 0.274 e. The number of nitrogens with zero attached hydrogens (tertiary/aromatic N) is 5. The highest BCUT2D eigenvalue weighted by atomic mass is 16.5. The van der Waals surface area contributed by atoms with Crippen molar-refractivity contribution in [2.24, 2.45) is 5.92 Å². The van der Waals surface area contributed by atoms with Crippen molar-refractivity contribution in [3.05, 3.63) is 42.2 Å². The lowest BCUT2D eigenvalue weighted by atomic mass is 9.96. The number of carbonyl (C=O) groups excluding carboxylic acids is 2. The molecule has 5 rings (SSSR count). The van der Waals surface area contributed by atoms with Crippen molar-refractivity contribution in [1.29, 1.82) is 0 Å². The van der Waals surface area contributed by atoms with Crippen LogP contribution in [0.4, 0.5) is 0 Å². The van der Waals surface area contributed by atoms with E-state index in [4.69, 9.17) is 9.47 Å². The van der Waals surface area contributed by atoms with Crippen LogP contribution in [0.2, 0.25) is 0 Å². The summed E-state index contributed by atoms with van der Waals surface area (Å²) in [4.78, 5) is 34.4. The van der Waals surface area contributed by atoms with Gasteiger partial charge in [-0.15, -0.1) is 0 Å². The predicted octanol–water partition coefficient (Wildman–Crippen LogP) is 2.09. The molecule has 190 valence electrons. The van der Waals surface area contributed by atoms with E-state index < -0.39 is 0 Å². The molecule has 2 saturated heterocycles. The first-order valence-corrected chi connectivity index (χ1v) is 12.3. The minimum absolute atomic E-state index is 0.0291. The van der Waals surface area contributed by atoms with Gasteiger partial charge in [-0.2, -0.15) is 5.10 Å². The number of ether oxygens (including phenoxy) is 2. The SMILES string of the molecule is COc1ccc(-c2ccnc3cc(C(=O)N4CC[C@@H](NC(=O)C5CCN(C)CC5)C4)nn23)cc1OC. The van der Waals surface area contributed by atoms with Crippen LogP contribution in [-0.4, -0.2) is 89.7 Å². The summed E-state index contributed by atoms with van der Waals surface area (Å²) >= 11 is 0. The summed E-state index contributed by atoms with van der Waals surface area (Å²) in [5, 5.41) is 7.76. The average Bonchev–Trinajstić information content (AvgIpc) is 3.55. The minimum Gasteiger partial charge on any atom is -0.493 e. The van der Waals surface area contributed by atoms with Gasteiger partial charge in [0.05, 0.1) is 19.9 Å². The molecule has 2 fully saturated rings. The summed E-state index contributed by atoms with van der Waals surface area (Å²) in [5.74, 6) is 1.25. The number of likely N-dealkylation sites (tertiary alicyclic amines) is 2. The second-order valence-corrected chi connectivity index (χ2v) is 9.52. The maximum atomic E-state index is 13.3. The topological polar surface area (TPSA) is 101 Å². The summed E-state index contributed by atoms with van der Waals surface area (Å²) in [5.41, 5.74) is 2.55. The van der Waals surface area contributed by atoms with Crippen LogP contribution >= 0.6 is 0 Å². The van der Waals surface area contributed by atoms with Crippen LogP contribution < -0.4 is 14.8 Å². The van der Waals surface area contributed by atoms with Crippen molar-refractivity contribution in [3.8, 4) is 22.8 Å². The molecule has 1 aromatic carbocycles. The number of benzene rings is 1. The number of methoxy groups -OCH3 is 2. The molecule has 0 spiro atoms. The van der Waals surface area contributed by atoms with Crippen molar-refractivity contribution in [2.45, 2.75) is 25.3 Å². The third-order valence-corrected chi connectivity index (χ3v) is 7.17. The summed E-state index contributed by atoms with van der Waals surface area (Å²) in [6, 6.07) is 9.14. The fourth-order valence-corrected chi connectivity index (χ4v) is 5.03. The monoisotopic (exact) mass is 492 g/mol. The largest absolute Gasteiger partial charge is 0.493 e. The van der Waals surface area contributed by atoms with Gasteiger partial charge in [-0.3, -0.25) is 9.59 Å². The Kier molecular flexibility index (Phi) is 6.77. The number of carbonyl (C=O) groups is 2. The zero-order valence-corrected chi connectivity index (χ0v) is 20.9. The van der Waals surface area contributed by atoms with E-state index in [1.165, 1.54) is 0 Å². The molecule has 36 heavy (non-hydrogen) atoms. The van der Waals surface area contributed by atoms with Crippen LogP contribution in [0.25, 0.3) is 16.9 Å². The van der Waals surface area contributed by atoms with E-state index in [0.29, 0.717) is 35.9 Å². The lowest BCUT2D eigenvalue weighted by Gasteiger charge is -2.29. The van der Waals surface area contributed by atoms with Gasteiger partial charge in [0, 0.05) is 42.9 Å². The van der Waals surface area contributed by atoms with Crippen molar-refractivity contribution in [3.63, 3.8) is 0 Å². The Hall–Kier alpha value is -3.66. The number of nitrogens with one attached hydrogen (secondary N) is 1. The van der Waals surface area contributed by atoms with Gasteiger partial charge in [-0.1, -0.05) is 0 Å². The van der Waals surface area contributed by atoms with Crippen LogP contribution in [0.15, 0.2) is 36.5 Å². The average molecular weight is 493 g/mol. The highest BCUT2D eigenvalue weighted by Gasteiger charge is 2.32. The highest BCUT2D eigenvalue weighted by molar-refractivity contribution is 5.94. The first-order chi connectivity index (χ1) is 17.5. The molecule has 4 heterocycles. The Balaban J connectivity index is 1.30. The molecule has 0 bridgehead atoms. The van der Waals surface area contributed by atoms with Crippen molar-refractivity contribution in [2.75, 3.05) is 47.4 Å². The normalized spacial score (nSPS) is 19.0. The van der Waals surface area contributed by atoms with E-state index in [0.717, 1.165) is 43.6 Å². The molecular formula is C26H32N6O4. The van der Waals surface area contributed by atoms with Crippen molar-refractivity contribution < 1.29 is 19.1 Å². The molecule has 0 saturated carbocycles. The van der Waals surface area contributed by atoms with Crippen LogP contribution in [0.3, 0.4) is 0 Å². The molecule has 2 amide bonds. The Labute approximate surface area is 210 Å². The molecule has 0 aliphatic carbocycles. The number of piperidine rings is 1. The molecule has 10 nitrogen and oxygen atoms in total. The molecule has 3 aromatic rings. The van der Waals surface area contributed by atoms with Gasteiger partial charge in [-0.05, 0) is 63.7 Å². The lowest BCUT2D eigenvalue weighted by Crippen LogP contribution is -2.44. The van der Waals surface area contributed by atoms with Crippen LogP contribution in [0.1, 0.15) is 29.8 Å². The third-order valence-electron chi connectivity index (χ3n) is 7.17. The smallest absolute Gasteiger partial charge is 0.274 e. The zero-order valence-electron chi connectivity index (χ0n) is 20.9. The van der Waals surface area contributed by atoms with E-state index in [-0.39, 0.29) is 23.8 Å². The Morgan fingerprint density at radius 3 is 2.53 bits per heavy atom. The quantitative estimate of drug-likeness (QED) is 0.562. The molecule has 1 atom stereocenters. The summed E-state index contributed by atoms with van der Waals surface area (Å²) in [6.45, 7) is 2.96. The fraction of sp³-hybridized carbons (Fsp3) is 0.462. The van der Waals surface area contributed by atoms with E-state index in [2.05, 4.69) is 27.3 Å². The Bertz CT molecular complexity index is 1270. The first kappa shape index (κ1) is 24.1. The minimum atomic E-state index is -0.158. The van der Waals surface area contributed by atoms with Gasteiger partial charge in [0.1, 0.15) is 0 Å². The molecule has 1 N–H and O–H groups in total. The fourth-order valence-electron chi connectivity index (χ4n) is 5.03. The highest BCUT2D eigenvalue weighted by Crippen LogP contribution is 2.32. The molecule has 2 aliphatic heterocycles. The second kappa shape index (κ2) is 10.1. The maximum absolute atomic E-state index is 13.3. The number of rotatable bonds is 6. The molecule has 2 aromatic heterocycles. The third kappa shape index (κ3) is 4.73. The number of amides is 2. The summed E-state index contributed by atoms with van der Waals surface area (Å²) < 4.78 is 12.4. The lowest BCUT2D eigenvalue weighted by molar-refractivity contribution is -0.127. The van der Waals surface area contributed by atoms with Gasteiger partial charge in [0.2, 0.25) is 5.91 Å². The van der Waals surface area contributed by atoms with E-state index >= 15 is 0 Å². The van der Waals surface area contributed by atoms with Gasteiger partial charge in [0.15, 0.2) is 22.8 Å². The van der Waals surface area contributed by atoms with Crippen LogP contribution in [0.5, 0.6) is 11.5 Å². The van der Waals surface area contributed by atoms with Gasteiger partial charge >= 0.3 is 0 Å². The van der Waals surface area contributed by atoms with Crippen molar-refractivity contribution in [1.82, 2.24) is 29.7 Å². The van der Waals surface area contributed by atoms with Gasteiger partial charge in [-0.25, -0.2) is 9.50 Å². The molecule has 2 aliphatic rings. The molecule has 0 radical (unpaired) electrons. The van der Waals surface area contributed by atoms with Gasteiger partial charge in [0.25, 0.3) is 5.91 Å². The van der Waals surface area contributed by atoms with E-state index in [1.54, 1.807) is 35.9 Å². The number of hydrogen-bond acceptors (Lipinski definition) is 7. The van der Waals surface area contributed by atoms with Crippen LogP contribution in [0, 0.1) is 5.92 Å². The first-order valence-electron chi connectivity index (χ1n) is 12.3. The molecule has 0 unspecified atom stereocenters. The van der Waals surface area contributed by atoms with E-state index in [9.17, 15) is 9.59 Å². The Morgan fingerprint density at radius 2 is 1.78 bits per heavy atom.